The van der Waals surface area contributed by atoms with Crippen LogP contribution in [0.3, 0.4) is 0 Å². The van der Waals surface area contributed by atoms with Crippen molar-refractivity contribution in [1.82, 2.24) is 24.3 Å². The summed E-state index contributed by atoms with van der Waals surface area (Å²) in [4.78, 5) is 19.7. The third-order valence-corrected chi connectivity index (χ3v) is 6.77. The maximum atomic E-state index is 13.0. The molecule has 4 rings (SSSR count). The fraction of sp³-hybridized carbons (Fsp3) is 0.550. The molecule has 2 atom stereocenters. The molecule has 2 aliphatic rings. The summed E-state index contributed by atoms with van der Waals surface area (Å²) in [7, 11) is 0. The molecule has 0 aliphatic carbocycles. The molecular weight excluding hydrogens is 394 g/mol. The smallest absolute Gasteiger partial charge is 0.236 e. The zero-order valence-electron chi connectivity index (χ0n) is 16.1. The zero-order chi connectivity index (χ0) is 19.5. The number of amides is 1. The highest BCUT2D eigenvalue weighted by Crippen LogP contribution is 2.39. The quantitative estimate of drug-likeness (QED) is 0.745. The molecule has 2 aliphatic heterocycles. The number of likely N-dealkylation sites (N-methyl/N-ethyl adjacent to an activating group) is 1. The number of rotatable bonds is 5. The highest BCUT2D eigenvalue weighted by atomic mass is 35.5. The number of aromatic nitrogens is 2. The summed E-state index contributed by atoms with van der Waals surface area (Å²) in [6.07, 6.45) is 0. The molecule has 2 fully saturated rings. The summed E-state index contributed by atoms with van der Waals surface area (Å²) < 4.78 is 4.04. The molecule has 150 valence electrons. The first-order valence-electron chi connectivity index (χ1n) is 9.89. The van der Waals surface area contributed by atoms with E-state index in [1.165, 1.54) is 17.1 Å². The minimum atomic E-state index is 0.181. The Morgan fingerprint density at radius 3 is 2.43 bits per heavy atom. The van der Waals surface area contributed by atoms with E-state index >= 15 is 0 Å². The van der Waals surface area contributed by atoms with Crippen molar-refractivity contribution in [2.24, 2.45) is 0 Å². The fourth-order valence-corrected chi connectivity index (χ4v) is 4.89. The van der Waals surface area contributed by atoms with Gasteiger partial charge in [-0.2, -0.15) is 0 Å². The minimum absolute atomic E-state index is 0.181. The van der Waals surface area contributed by atoms with Crippen LogP contribution in [-0.2, 0) is 4.79 Å². The average molecular weight is 420 g/mol. The maximum Gasteiger partial charge on any atom is 0.236 e. The van der Waals surface area contributed by atoms with Gasteiger partial charge in [-0.25, -0.2) is 0 Å². The summed E-state index contributed by atoms with van der Waals surface area (Å²) in [5, 5.41) is 7.04. The van der Waals surface area contributed by atoms with Crippen LogP contribution in [0.4, 0.5) is 0 Å². The number of hydrogen-bond donors (Lipinski definition) is 0. The van der Waals surface area contributed by atoms with Crippen LogP contribution in [0.15, 0.2) is 29.6 Å². The van der Waals surface area contributed by atoms with Crippen molar-refractivity contribution in [2.75, 3.05) is 52.4 Å². The fourth-order valence-electron chi connectivity index (χ4n) is 4.24. The second-order valence-electron chi connectivity index (χ2n) is 7.60. The third kappa shape index (κ3) is 4.38. The molecule has 0 radical (unpaired) electrons. The summed E-state index contributed by atoms with van der Waals surface area (Å²) >= 11 is 7.44. The lowest BCUT2D eigenvalue weighted by Gasteiger charge is -2.34. The van der Waals surface area contributed by atoms with Gasteiger partial charge in [-0.15, -0.1) is 5.10 Å². The molecule has 8 heteroatoms. The standard InChI is InChI=1S/C20H26ClN5OS/c1-2-24-7-9-25(10-8-24)13-20(27)26-11-17(15-3-5-16(21)6-4-15)18(12-26)19-14-28-23-22-19/h3-6,14,17-18H,2,7-13H2,1H3/t17-,18+/m1/s1. The molecule has 3 heterocycles. The highest BCUT2D eigenvalue weighted by molar-refractivity contribution is 7.03. The molecule has 2 saturated heterocycles. The lowest BCUT2D eigenvalue weighted by Crippen LogP contribution is -2.49. The SMILES string of the molecule is CCN1CCN(CC(=O)N2C[C@H](c3ccc(Cl)cc3)[C@@H](c3csnn3)C2)CC1. The van der Waals surface area contributed by atoms with E-state index < -0.39 is 0 Å². The number of benzene rings is 1. The Balaban J connectivity index is 1.45. The molecule has 2 aromatic rings. The molecule has 1 amide bonds. The van der Waals surface area contributed by atoms with Crippen LogP contribution in [0.5, 0.6) is 0 Å². The van der Waals surface area contributed by atoms with Crippen molar-refractivity contribution in [3.05, 3.63) is 45.9 Å². The number of piperazine rings is 1. The monoisotopic (exact) mass is 419 g/mol. The summed E-state index contributed by atoms with van der Waals surface area (Å²) in [5.41, 5.74) is 2.19. The number of nitrogens with zero attached hydrogens (tertiary/aromatic N) is 5. The van der Waals surface area contributed by atoms with Gasteiger partial charge in [0.1, 0.15) is 0 Å². The molecule has 1 aromatic heterocycles. The largest absolute Gasteiger partial charge is 0.340 e. The molecular formula is C20H26ClN5OS. The first-order chi connectivity index (χ1) is 13.6. The van der Waals surface area contributed by atoms with Crippen molar-refractivity contribution in [3.8, 4) is 0 Å². The van der Waals surface area contributed by atoms with E-state index in [0.717, 1.165) is 50.0 Å². The van der Waals surface area contributed by atoms with Crippen LogP contribution in [-0.4, -0.2) is 82.6 Å². The molecule has 6 nitrogen and oxygen atoms in total. The van der Waals surface area contributed by atoms with Gasteiger partial charge < -0.3 is 9.80 Å². The van der Waals surface area contributed by atoms with Crippen LogP contribution in [0, 0.1) is 0 Å². The van der Waals surface area contributed by atoms with Gasteiger partial charge in [-0.1, -0.05) is 35.1 Å². The van der Waals surface area contributed by atoms with Gasteiger partial charge in [0.25, 0.3) is 0 Å². The molecule has 0 unspecified atom stereocenters. The van der Waals surface area contributed by atoms with Gasteiger partial charge >= 0.3 is 0 Å². The van der Waals surface area contributed by atoms with Gasteiger partial charge in [-0.3, -0.25) is 9.69 Å². The van der Waals surface area contributed by atoms with Gasteiger partial charge in [0.2, 0.25) is 5.91 Å². The summed E-state index contributed by atoms with van der Waals surface area (Å²) in [5.74, 6) is 0.623. The highest BCUT2D eigenvalue weighted by Gasteiger charge is 2.38. The molecule has 28 heavy (non-hydrogen) atoms. The molecule has 1 aromatic carbocycles. The second-order valence-corrected chi connectivity index (χ2v) is 8.65. The summed E-state index contributed by atoms with van der Waals surface area (Å²) in [6.45, 7) is 9.22. The number of carbonyl (C=O) groups is 1. The van der Waals surface area contributed by atoms with E-state index in [0.29, 0.717) is 13.1 Å². The number of likely N-dealkylation sites (tertiary alicyclic amines) is 1. The van der Waals surface area contributed by atoms with Crippen molar-refractivity contribution in [2.45, 2.75) is 18.8 Å². The Morgan fingerprint density at radius 1 is 1.11 bits per heavy atom. The Kier molecular flexibility index (Phi) is 6.25. The van der Waals surface area contributed by atoms with E-state index in [-0.39, 0.29) is 17.7 Å². The van der Waals surface area contributed by atoms with E-state index in [1.54, 1.807) is 0 Å². The first kappa shape index (κ1) is 19.8. The van der Waals surface area contributed by atoms with Crippen molar-refractivity contribution >= 4 is 29.0 Å². The lowest BCUT2D eigenvalue weighted by atomic mass is 9.87. The van der Waals surface area contributed by atoms with E-state index in [9.17, 15) is 4.79 Å². The Morgan fingerprint density at radius 2 is 1.79 bits per heavy atom. The molecule has 0 saturated carbocycles. The Bertz CT molecular complexity index is 776. The zero-order valence-corrected chi connectivity index (χ0v) is 17.7. The number of carbonyl (C=O) groups excluding carboxylic acids is 1. The maximum absolute atomic E-state index is 13.0. The van der Waals surface area contributed by atoms with Crippen molar-refractivity contribution < 1.29 is 4.79 Å². The van der Waals surface area contributed by atoms with Gasteiger partial charge in [0.05, 0.1) is 12.2 Å². The lowest BCUT2D eigenvalue weighted by molar-refractivity contribution is -0.131. The molecule has 0 N–H and O–H groups in total. The van der Waals surface area contributed by atoms with Gasteiger partial charge in [-0.05, 0) is 35.8 Å². The first-order valence-corrected chi connectivity index (χ1v) is 11.1. The Hall–Kier alpha value is -1.54. The van der Waals surface area contributed by atoms with Crippen LogP contribution in [0.1, 0.15) is 30.0 Å². The second kappa shape index (κ2) is 8.86. The molecule has 0 bridgehead atoms. The van der Waals surface area contributed by atoms with Crippen LogP contribution in [0.2, 0.25) is 5.02 Å². The van der Waals surface area contributed by atoms with E-state index in [4.69, 9.17) is 11.6 Å². The van der Waals surface area contributed by atoms with Crippen molar-refractivity contribution in [1.29, 1.82) is 0 Å². The normalized spacial score (nSPS) is 24.0. The molecule has 0 spiro atoms. The topological polar surface area (TPSA) is 52.6 Å². The third-order valence-electron chi connectivity index (χ3n) is 6.00. The van der Waals surface area contributed by atoms with Crippen LogP contribution in [0.25, 0.3) is 0 Å². The van der Waals surface area contributed by atoms with E-state index in [1.807, 2.05) is 22.4 Å². The van der Waals surface area contributed by atoms with E-state index in [2.05, 4.69) is 38.4 Å². The van der Waals surface area contributed by atoms with Crippen LogP contribution < -0.4 is 0 Å². The predicted molar refractivity (Wildman–Crippen MR) is 112 cm³/mol. The van der Waals surface area contributed by atoms with Gasteiger partial charge in [0, 0.05) is 61.5 Å². The predicted octanol–water partition coefficient (Wildman–Crippen LogP) is 2.54. The van der Waals surface area contributed by atoms with Crippen LogP contribution >= 0.6 is 23.1 Å². The number of hydrogen-bond acceptors (Lipinski definition) is 6. The Labute approximate surface area is 175 Å². The average Bonchev–Trinajstić information content (AvgIpc) is 3.39. The minimum Gasteiger partial charge on any atom is -0.340 e. The summed E-state index contributed by atoms with van der Waals surface area (Å²) in [6, 6.07) is 7.98. The van der Waals surface area contributed by atoms with Crippen molar-refractivity contribution in [3.63, 3.8) is 0 Å². The van der Waals surface area contributed by atoms with Gasteiger partial charge in [0.15, 0.2) is 0 Å². The number of halogens is 1.